The highest BCUT2D eigenvalue weighted by Crippen LogP contribution is 2.29. The van der Waals surface area contributed by atoms with Gasteiger partial charge in [-0.3, -0.25) is 0 Å². The number of carbonyl (C=O) groups excluding carboxylic acids is 1. The number of halogens is 3. The Bertz CT molecular complexity index is 666. The van der Waals surface area contributed by atoms with Crippen LogP contribution < -0.4 is 16.0 Å². The van der Waals surface area contributed by atoms with Gasteiger partial charge in [-0.05, 0) is 44.3 Å². The quantitative estimate of drug-likeness (QED) is 0.307. The summed E-state index contributed by atoms with van der Waals surface area (Å²) in [5, 5.41) is 17.1. The van der Waals surface area contributed by atoms with Crippen LogP contribution in [0, 0.1) is 0 Å². The minimum atomic E-state index is -1.88. The van der Waals surface area contributed by atoms with Crippen LogP contribution in [0.2, 0.25) is 0 Å². The van der Waals surface area contributed by atoms with Crippen molar-refractivity contribution < 1.29 is 14.7 Å². The third-order valence-corrected chi connectivity index (χ3v) is 4.16. The number of urea groups is 1. The summed E-state index contributed by atoms with van der Waals surface area (Å²) in [6.45, 7) is 4.62. The van der Waals surface area contributed by atoms with E-state index in [4.69, 9.17) is 52.1 Å². The highest BCUT2D eigenvalue weighted by Gasteiger charge is 2.35. The molecule has 0 spiro atoms. The Morgan fingerprint density at radius 1 is 1.23 bits per heavy atom. The molecule has 0 aliphatic heterocycles. The molecule has 0 unspecified atom stereocenters. The first-order valence-electron chi connectivity index (χ1n) is 7.61. The fourth-order valence-corrected chi connectivity index (χ4v) is 2.52. The van der Waals surface area contributed by atoms with E-state index in [1.165, 1.54) is 17.0 Å². The first-order chi connectivity index (χ1) is 12.1. The lowest BCUT2D eigenvalue weighted by Crippen LogP contribution is -2.58. The van der Waals surface area contributed by atoms with Crippen molar-refractivity contribution in [3.05, 3.63) is 29.8 Å². The molecular formula is C15H19Cl3N4O3S. The van der Waals surface area contributed by atoms with Crippen molar-refractivity contribution in [2.45, 2.75) is 23.8 Å². The number of nitrogens with zero attached hydrogens (tertiary/aromatic N) is 1. The summed E-state index contributed by atoms with van der Waals surface area (Å²) in [5.41, 5.74) is 0.520. The van der Waals surface area contributed by atoms with E-state index in [-0.39, 0.29) is 10.7 Å². The summed E-state index contributed by atoms with van der Waals surface area (Å²) in [6, 6.07) is 5.60. The smallest absolute Gasteiger partial charge is 0.335 e. The average Bonchev–Trinajstić information content (AvgIpc) is 2.54. The Hall–Kier alpha value is -1.48. The predicted molar refractivity (Wildman–Crippen MR) is 108 cm³/mol. The molecule has 0 heterocycles. The lowest BCUT2D eigenvalue weighted by atomic mass is 10.2. The molecule has 0 saturated carbocycles. The summed E-state index contributed by atoms with van der Waals surface area (Å²) in [5.74, 6) is -1.07. The molecule has 1 aromatic carbocycles. The van der Waals surface area contributed by atoms with Gasteiger partial charge in [-0.2, -0.15) is 0 Å². The lowest BCUT2D eigenvalue weighted by Gasteiger charge is -2.30. The van der Waals surface area contributed by atoms with Gasteiger partial charge in [-0.25, -0.2) is 9.59 Å². The Kier molecular flexibility index (Phi) is 8.69. The number of thiocarbonyl (C=S) groups is 1. The van der Waals surface area contributed by atoms with Crippen LogP contribution in [-0.4, -0.2) is 50.2 Å². The maximum absolute atomic E-state index is 12.2. The van der Waals surface area contributed by atoms with Crippen LogP contribution in [0.15, 0.2) is 24.3 Å². The minimum Gasteiger partial charge on any atom is -0.478 e. The number of amides is 2. The molecule has 0 saturated heterocycles. The molecule has 0 aliphatic carbocycles. The molecule has 1 atom stereocenters. The number of benzene rings is 1. The molecule has 1 aromatic rings. The number of hydrogen-bond donors (Lipinski definition) is 4. The van der Waals surface area contributed by atoms with E-state index in [0.717, 1.165) is 0 Å². The summed E-state index contributed by atoms with van der Waals surface area (Å²) in [6.07, 6.45) is -1.11. The molecule has 26 heavy (non-hydrogen) atoms. The number of rotatable bonds is 6. The highest BCUT2D eigenvalue weighted by molar-refractivity contribution is 7.80. The van der Waals surface area contributed by atoms with E-state index in [1.54, 1.807) is 12.1 Å². The number of anilines is 1. The monoisotopic (exact) mass is 440 g/mol. The predicted octanol–water partition coefficient (Wildman–Crippen LogP) is 3.42. The molecular weight excluding hydrogens is 423 g/mol. The summed E-state index contributed by atoms with van der Waals surface area (Å²) < 4.78 is -1.88. The third kappa shape index (κ3) is 7.03. The van der Waals surface area contributed by atoms with Crippen LogP contribution in [-0.2, 0) is 0 Å². The zero-order valence-electron chi connectivity index (χ0n) is 14.1. The van der Waals surface area contributed by atoms with Gasteiger partial charge < -0.3 is 26.0 Å². The molecule has 0 bridgehead atoms. The van der Waals surface area contributed by atoms with Gasteiger partial charge >= 0.3 is 12.0 Å². The highest BCUT2D eigenvalue weighted by atomic mass is 35.6. The van der Waals surface area contributed by atoms with Gasteiger partial charge in [0.25, 0.3) is 0 Å². The third-order valence-electron chi connectivity index (χ3n) is 3.29. The van der Waals surface area contributed by atoms with E-state index in [0.29, 0.717) is 18.8 Å². The molecule has 1 rings (SSSR count). The molecule has 144 valence electrons. The van der Waals surface area contributed by atoms with Crippen molar-refractivity contribution >= 4 is 69.8 Å². The van der Waals surface area contributed by atoms with Crippen molar-refractivity contribution in [1.29, 1.82) is 0 Å². The maximum Gasteiger partial charge on any atom is 0.335 e. The fraction of sp³-hybridized carbons (Fsp3) is 0.400. The Morgan fingerprint density at radius 2 is 1.85 bits per heavy atom. The van der Waals surface area contributed by atoms with Gasteiger partial charge in [0, 0.05) is 18.8 Å². The van der Waals surface area contributed by atoms with Gasteiger partial charge in [0.1, 0.15) is 0 Å². The zero-order valence-corrected chi connectivity index (χ0v) is 17.1. The van der Waals surface area contributed by atoms with E-state index < -0.39 is 22.0 Å². The number of aromatic carboxylic acids is 1. The molecule has 11 heteroatoms. The number of carboxylic acid groups (broad SMARTS) is 1. The largest absolute Gasteiger partial charge is 0.478 e. The van der Waals surface area contributed by atoms with Crippen LogP contribution in [0.25, 0.3) is 0 Å². The molecule has 0 aliphatic rings. The number of nitrogens with one attached hydrogen (secondary N) is 3. The SMILES string of the molecule is CCN(CC)C(=O)N[C@H](NC(=S)Nc1cccc(C(=O)O)c1)C(Cl)(Cl)Cl. The van der Waals surface area contributed by atoms with E-state index >= 15 is 0 Å². The summed E-state index contributed by atoms with van der Waals surface area (Å²) in [7, 11) is 0. The van der Waals surface area contributed by atoms with Crippen LogP contribution in [0.1, 0.15) is 24.2 Å². The van der Waals surface area contributed by atoms with E-state index in [1.807, 2.05) is 13.8 Å². The van der Waals surface area contributed by atoms with Crippen LogP contribution in [0.5, 0.6) is 0 Å². The van der Waals surface area contributed by atoms with E-state index in [9.17, 15) is 9.59 Å². The number of carbonyl (C=O) groups is 2. The van der Waals surface area contributed by atoms with Gasteiger partial charge in [0.2, 0.25) is 3.79 Å². The zero-order chi connectivity index (χ0) is 19.9. The van der Waals surface area contributed by atoms with Crippen molar-refractivity contribution in [3.8, 4) is 0 Å². The second-order valence-corrected chi connectivity index (χ2v) is 7.86. The average molecular weight is 442 g/mol. The molecule has 0 aromatic heterocycles. The Labute approximate surface area is 172 Å². The first-order valence-corrected chi connectivity index (χ1v) is 9.15. The van der Waals surface area contributed by atoms with E-state index in [2.05, 4.69) is 16.0 Å². The Balaban J connectivity index is 2.82. The summed E-state index contributed by atoms with van der Waals surface area (Å²) >= 11 is 22.9. The minimum absolute atomic E-state index is 0.0451. The summed E-state index contributed by atoms with van der Waals surface area (Å²) in [4.78, 5) is 24.7. The molecule has 7 nitrogen and oxygen atoms in total. The first kappa shape index (κ1) is 22.6. The van der Waals surface area contributed by atoms with Crippen LogP contribution in [0.4, 0.5) is 10.5 Å². The van der Waals surface area contributed by atoms with Gasteiger partial charge in [-0.15, -0.1) is 0 Å². The van der Waals surface area contributed by atoms with Crippen LogP contribution in [0.3, 0.4) is 0 Å². The second kappa shape index (κ2) is 10.0. The number of hydrogen-bond acceptors (Lipinski definition) is 3. The normalized spacial score (nSPS) is 12.0. The fourth-order valence-electron chi connectivity index (χ4n) is 1.95. The van der Waals surface area contributed by atoms with Gasteiger partial charge in [-0.1, -0.05) is 40.9 Å². The maximum atomic E-state index is 12.2. The Morgan fingerprint density at radius 3 is 2.35 bits per heavy atom. The molecule has 4 N–H and O–H groups in total. The molecule has 0 fully saturated rings. The standard InChI is InChI=1S/C15H19Cl3N4O3S/c1-3-22(4-2)14(25)21-12(15(16,17)18)20-13(26)19-10-7-5-6-9(8-10)11(23)24/h5-8,12H,3-4H2,1-2H3,(H,21,25)(H,23,24)(H2,19,20,26)/t12-/m0/s1. The van der Waals surface area contributed by atoms with Gasteiger partial charge in [0.15, 0.2) is 11.3 Å². The second-order valence-electron chi connectivity index (χ2n) is 5.08. The lowest BCUT2D eigenvalue weighted by molar-refractivity contribution is 0.0697. The van der Waals surface area contributed by atoms with Gasteiger partial charge in [0.05, 0.1) is 5.56 Å². The molecule has 0 radical (unpaired) electrons. The van der Waals surface area contributed by atoms with Crippen molar-refractivity contribution in [3.63, 3.8) is 0 Å². The molecule has 2 amide bonds. The van der Waals surface area contributed by atoms with Crippen molar-refractivity contribution in [1.82, 2.24) is 15.5 Å². The number of alkyl halides is 3. The van der Waals surface area contributed by atoms with Crippen LogP contribution >= 0.6 is 47.0 Å². The number of carboxylic acids is 1. The van der Waals surface area contributed by atoms with Crippen molar-refractivity contribution in [2.24, 2.45) is 0 Å². The topological polar surface area (TPSA) is 93.7 Å². The van der Waals surface area contributed by atoms with Crippen molar-refractivity contribution in [2.75, 3.05) is 18.4 Å².